The number of nitrogens with zero attached hydrogens (tertiary/aromatic N) is 3. The number of alkyl halides is 3. The van der Waals surface area contributed by atoms with Crippen LogP contribution in [0.15, 0.2) is 44.5 Å². The van der Waals surface area contributed by atoms with Crippen molar-refractivity contribution in [1.29, 1.82) is 5.26 Å². The Kier molecular flexibility index (Phi) is 5.30. The summed E-state index contributed by atoms with van der Waals surface area (Å²) in [6.45, 7) is 0. The molecule has 5 nitrogen and oxygen atoms in total. The molecule has 0 aliphatic heterocycles. The minimum Gasteiger partial charge on any atom is -0.267 e. The average molecular weight is 442 g/mol. The Labute approximate surface area is 152 Å². The fraction of sp³-hybridized carbons (Fsp3) is 0.0833. The highest BCUT2D eigenvalue weighted by molar-refractivity contribution is 9.10. The molecule has 10 heteroatoms. The summed E-state index contributed by atoms with van der Waals surface area (Å²) < 4.78 is 0.450. The normalized spacial score (nSPS) is 11.2. The summed E-state index contributed by atoms with van der Waals surface area (Å²) in [6, 6.07) is 8.55. The Hall–Kier alpha value is -0.910. The van der Waals surface area contributed by atoms with Crippen LogP contribution in [0.1, 0.15) is 5.56 Å². The summed E-state index contributed by atoms with van der Waals surface area (Å²) in [5.41, 5.74) is -1.39. The Morgan fingerprint density at radius 2 is 1.86 bits per heavy atom. The van der Waals surface area contributed by atoms with E-state index in [4.69, 9.17) is 40.1 Å². The third kappa shape index (κ3) is 3.70. The zero-order chi connectivity index (χ0) is 16.5. The van der Waals surface area contributed by atoms with Gasteiger partial charge in [0.1, 0.15) is 11.6 Å². The first-order valence-electron chi connectivity index (χ1n) is 5.54. The largest absolute Gasteiger partial charge is 0.346 e. The zero-order valence-electron chi connectivity index (χ0n) is 10.5. The number of aromatic nitrogens is 2. The van der Waals surface area contributed by atoms with Crippen molar-refractivity contribution in [1.82, 2.24) is 8.54 Å². The van der Waals surface area contributed by atoms with Gasteiger partial charge in [-0.15, -0.1) is 0 Å². The molecule has 0 saturated heterocycles. The van der Waals surface area contributed by atoms with Crippen LogP contribution in [0.25, 0.3) is 5.69 Å². The van der Waals surface area contributed by atoms with Gasteiger partial charge in [0, 0.05) is 22.6 Å². The van der Waals surface area contributed by atoms with Gasteiger partial charge in [-0.1, -0.05) is 46.9 Å². The molecule has 0 N–H and O–H groups in total. The van der Waals surface area contributed by atoms with E-state index < -0.39 is 14.4 Å². The third-order valence-corrected chi connectivity index (χ3v) is 4.48. The number of rotatable bonds is 2. The number of para-hydroxylation sites is 1. The van der Waals surface area contributed by atoms with Gasteiger partial charge in [-0.05, 0) is 28.1 Å². The Balaban J connectivity index is 2.81. The zero-order valence-corrected chi connectivity index (χ0v) is 15.1. The SMILES string of the molecule is N#Cc1cn(-c2ccccc2Br)c(=O)n(SC(Cl)(Cl)Cl)c1=O. The molecular formula is C12H5BrCl3N3O2S. The first kappa shape index (κ1) is 17.4. The van der Waals surface area contributed by atoms with Crippen LogP contribution in [0, 0.1) is 11.3 Å². The van der Waals surface area contributed by atoms with E-state index in [1.807, 2.05) is 0 Å². The number of nitriles is 1. The maximum absolute atomic E-state index is 12.5. The monoisotopic (exact) mass is 439 g/mol. The van der Waals surface area contributed by atoms with Gasteiger partial charge >= 0.3 is 5.69 Å². The second-order valence-electron chi connectivity index (χ2n) is 3.90. The lowest BCUT2D eigenvalue weighted by Gasteiger charge is -2.14. The number of hydrogen-bond donors (Lipinski definition) is 0. The molecule has 0 aliphatic carbocycles. The van der Waals surface area contributed by atoms with Crippen molar-refractivity contribution in [2.24, 2.45) is 0 Å². The molecule has 0 atom stereocenters. The van der Waals surface area contributed by atoms with Gasteiger partial charge in [0.15, 0.2) is 0 Å². The maximum Gasteiger partial charge on any atom is 0.346 e. The fourth-order valence-electron chi connectivity index (χ4n) is 1.61. The molecule has 22 heavy (non-hydrogen) atoms. The van der Waals surface area contributed by atoms with Crippen molar-refractivity contribution in [2.75, 3.05) is 0 Å². The summed E-state index contributed by atoms with van der Waals surface area (Å²) in [6.07, 6.45) is 1.15. The molecule has 2 aromatic rings. The average Bonchev–Trinajstić information content (AvgIpc) is 2.44. The highest BCUT2D eigenvalue weighted by Gasteiger charge is 2.26. The van der Waals surface area contributed by atoms with E-state index >= 15 is 0 Å². The molecule has 0 bridgehead atoms. The van der Waals surface area contributed by atoms with Gasteiger partial charge in [0.05, 0.1) is 5.69 Å². The summed E-state index contributed by atoms with van der Waals surface area (Å²) in [7, 11) is 0. The van der Waals surface area contributed by atoms with Gasteiger partial charge in [-0.25, -0.2) is 4.79 Å². The Morgan fingerprint density at radius 3 is 2.41 bits per heavy atom. The van der Waals surface area contributed by atoms with E-state index in [9.17, 15) is 9.59 Å². The van der Waals surface area contributed by atoms with E-state index in [1.54, 1.807) is 30.3 Å². The molecule has 2 rings (SSSR count). The van der Waals surface area contributed by atoms with Crippen molar-refractivity contribution >= 4 is 62.7 Å². The quantitative estimate of drug-likeness (QED) is 0.670. The van der Waals surface area contributed by atoms with Crippen LogP contribution in [-0.2, 0) is 0 Å². The van der Waals surface area contributed by atoms with E-state index in [0.717, 1.165) is 10.8 Å². The predicted octanol–water partition coefficient (Wildman–Crippen LogP) is 3.46. The number of hydrogen-bond acceptors (Lipinski definition) is 4. The van der Waals surface area contributed by atoms with E-state index in [0.29, 0.717) is 26.1 Å². The van der Waals surface area contributed by atoms with Crippen LogP contribution in [0.4, 0.5) is 0 Å². The summed E-state index contributed by atoms with van der Waals surface area (Å²) in [5.74, 6) is 0. The molecule has 1 aromatic carbocycles. The summed E-state index contributed by atoms with van der Waals surface area (Å²) in [5, 5.41) is 9.07. The Bertz CT molecular complexity index is 883. The molecule has 0 spiro atoms. The van der Waals surface area contributed by atoms with Crippen molar-refractivity contribution in [2.45, 2.75) is 3.12 Å². The summed E-state index contributed by atoms with van der Waals surface area (Å²) >= 11 is 20.6. The smallest absolute Gasteiger partial charge is 0.267 e. The second-order valence-corrected chi connectivity index (χ2v) is 8.86. The molecule has 0 aliphatic rings. The lowest BCUT2D eigenvalue weighted by molar-refractivity contribution is 0.855. The van der Waals surface area contributed by atoms with Crippen molar-refractivity contribution < 1.29 is 0 Å². The molecule has 0 radical (unpaired) electrons. The van der Waals surface area contributed by atoms with Gasteiger partial charge < -0.3 is 0 Å². The van der Waals surface area contributed by atoms with Gasteiger partial charge in [-0.3, -0.25) is 9.36 Å². The second kappa shape index (κ2) is 6.69. The van der Waals surface area contributed by atoms with Crippen molar-refractivity contribution in [3.63, 3.8) is 0 Å². The minimum absolute atomic E-state index is 0.253. The molecule has 0 fully saturated rings. The maximum atomic E-state index is 12.5. The third-order valence-electron chi connectivity index (χ3n) is 2.48. The minimum atomic E-state index is -1.93. The molecule has 0 amide bonds. The molecule has 114 valence electrons. The van der Waals surface area contributed by atoms with Gasteiger partial charge in [0.25, 0.3) is 8.68 Å². The van der Waals surface area contributed by atoms with Crippen LogP contribution in [0.5, 0.6) is 0 Å². The van der Waals surface area contributed by atoms with Crippen LogP contribution < -0.4 is 11.2 Å². The van der Waals surface area contributed by atoms with Gasteiger partial charge in [0.2, 0.25) is 0 Å². The Morgan fingerprint density at radius 1 is 1.23 bits per heavy atom. The van der Waals surface area contributed by atoms with Crippen LogP contribution in [0.2, 0.25) is 0 Å². The van der Waals surface area contributed by atoms with Crippen LogP contribution >= 0.6 is 62.7 Å². The van der Waals surface area contributed by atoms with Crippen molar-refractivity contribution in [3.05, 3.63) is 61.3 Å². The number of halogens is 4. The highest BCUT2D eigenvalue weighted by Crippen LogP contribution is 2.38. The van der Waals surface area contributed by atoms with Crippen LogP contribution in [-0.4, -0.2) is 11.7 Å². The van der Waals surface area contributed by atoms with Gasteiger partial charge in [-0.2, -0.15) is 9.23 Å². The van der Waals surface area contributed by atoms with E-state index in [2.05, 4.69) is 15.9 Å². The highest BCUT2D eigenvalue weighted by atomic mass is 79.9. The lowest BCUT2D eigenvalue weighted by Crippen LogP contribution is -2.38. The number of benzene rings is 1. The molecule has 0 saturated carbocycles. The summed E-state index contributed by atoms with van der Waals surface area (Å²) in [4.78, 5) is 24.6. The predicted molar refractivity (Wildman–Crippen MR) is 92.0 cm³/mol. The molecular weight excluding hydrogens is 436 g/mol. The molecule has 1 aromatic heterocycles. The van der Waals surface area contributed by atoms with E-state index in [-0.39, 0.29) is 5.56 Å². The topological polar surface area (TPSA) is 67.8 Å². The van der Waals surface area contributed by atoms with E-state index in [1.165, 1.54) is 0 Å². The van der Waals surface area contributed by atoms with Crippen molar-refractivity contribution in [3.8, 4) is 11.8 Å². The van der Waals surface area contributed by atoms with Crippen LogP contribution in [0.3, 0.4) is 0 Å². The molecule has 0 unspecified atom stereocenters. The lowest BCUT2D eigenvalue weighted by atomic mass is 10.3. The first-order chi connectivity index (χ1) is 10.2. The standard InChI is InChI=1S/C12H5BrCl3N3O2S/c13-8-3-1-2-4-9(8)18-6-7(5-17)10(20)19(11(18)21)22-12(14,15)16/h1-4,6H. The fourth-order valence-corrected chi connectivity index (χ4v) is 3.27. The molecule has 1 heterocycles. The first-order valence-corrected chi connectivity index (χ1v) is 8.24.